The summed E-state index contributed by atoms with van der Waals surface area (Å²) in [5, 5.41) is 15.3. The van der Waals surface area contributed by atoms with Crippen molar-refractivity contribution in [2.24, 2.45) is 0 Å². The summed E-state index contributed by atoms with van der Waals surface area (Å²) >= 11 is 0. The Labute approximate surface area is 519 Å². The van der Waals surface area contributed by atoms with Gasteiger partial charge in [0.1, 0.15) is 13.2 Å². The number of rotatable bonds is 30. The molecule has 6 aromatic rings. The Morgan fingerprint density at radius 3 is 1.14 bits per heavy atom. The molecule has 0 aliphatic carbocycles. The zero-order valence-electron chi connectivity index (χ0n) is 50.2. The number of hydrogen-bond donors (Lipinski definition) is 5. The molecule has 0 bridgehead atoms. The Hall–Kier alpha value is -8.84. The third-order valence-electron chi connectivity index (χ3n) is 12.9. The van der Waals surface area contributed by atoms with Crippen molar-refractivity contribution in [1.82, 2.24) is 31.4 Å². The maximum absolute atomic E-state index is 12.9. The number of nitrogens with one attached hydrogen (secondary N) is 4. The molecule has 6 rings (SSSR count). The minimum atomic E-state index is -1.25. The van der Waals surface area contributed by atoms with Crippen molar-refractivity contribution in [3.8, 4) is 0 Å². The molecule has 0 spiro atoms. The molecule has 21 nitrogen and oxygen atoms in total. The largest absolute Gasteiger partial charge is 1.00 e. The first-order chi connectivity index (χ1) is 41.0. The van der Waals surface area contributed by atoms with Crippen LogP contribution in [0.25, 0.3) is 0 Å². The molecule has 87 heavy (non-hydrogen) atoms. The Morgan fingerprint density at radius 2 is 0.793 bits per heavy atom. The average molecular weight is 1190 g/mol. The number of nitrogens with zero attached hydrogens (tertiary/aromatic N) is 2. The van der Waals surface area contributed by atoms with Gasteiger partial charge in [-0.05, 0) is 111 Å². The van der Waals surface area contributed by atoms with Gasteiger partial charge in [-0.25, -0.2) is 30.1 Å². The van der Waals surface area contributed by atoms with E-state index in [4.69, 9.17) is 23.9 Å². The molecule has 0 atom stereocenters. The average Bonchev–Trinajstić information content (AvgIpc) is 2.38. The summed E-state index contributed by atoms with van der Waals surface area (Å²) < 4.78 is 15.9. The third kappa shape index (κ3) is 26.1. The van der Waals surface area contributed by atoms with Crippen LogP contribution in [0.4, 0.5) is 9.59 Å². The fourth-order valence-electron chi connectivity index (χ4n) is 8.21. The molecule has 0 fully saturated rings. The number of aromatic carboxylic acids is 1. The summed E-state index contributed by atoms with van der Waals surface area (Å²) in [4.78, 5) is 113. The topological polar surface area (TPSA) is 288 Å². The Morgan fingerprint density at radius 1 is 0.448 bits per heavy atom. The normalized spacial score (nSPS) is 10.4. The Bertz CT molecular complexity index is 3100. The van der Waals surface area contributed by atoms with Crippen LogP contribution in [0.2, 0.25) is 0 Å². The summed E-state index contributed by atoms with van der Waals surface area (Å²) in [6.07, 6.45) is 1.57. The molecular formula is C65H77LiN6O15. The summed E-state index contributed by atoms with van der Waals surface area (Å²) in [5.41, 5.74) is 9.73. The SMILES string of the molecule is CC(C)N(Cc1ccc(C(=O)NCCCCC(=O)NOCc2ccccc2)c(C(=O)O)c1)C(=O)OCc1ccccc1.COC(=O)c1cc(CN(C(=O)OCc2ccccc2)C(C)C)ccc1C(=O)NCCCCC(=O)NOCc1ccccc1.[Li+].[OH-]. The number of carbonyl (C=O) groups is 8. The van der Waals surface area contributed by atoms with Gasteiger partial charge in [-0.3, -0.25) is 28.9 Å². The van der Waals surface area contributed by atoms with Gasteiger partial charge < -0.3 is 45.2 Å². The summed E-state index contributed by atoms with van der Waals surface area (Å²) in [6.45, 7) is 9.09. The second-order valence-corrected chi connectivity index (χ2v) is 20.1. The van der Waals surface area contributed by atoms with Crippen LogP contribution < -0.4 is 40.5 Å². The maximum atomic E-state index is 12.9. The van der Waals surface area contributed by atoms with E-state index in [2.05, 4.69) is 21.6 Å². The van der Waals surface area contributed by atoms with Crippen LogP contribution in [0, 0.1) is 0 Å². The number of ether oxygens (including phenoxy) is 3. The molecule has 6 amide bonds. The van der Waals surface area contributed by atoms with Crippen LogP contribution in [0.1, 0.15) is 141 Å². The molecule has 0 saturated heterocycles. The standard InChI is InChI=1S/C33H39N3O7.C32H37N3O7.Li.H2O/c1-24(2)36(33(40)42-22-25-12-6-4-7-13-25)21-27-17-18-28(29(20-27)32(39)41-3)31(38)34-19-11-10-16-30(37)35-43-23-26-14-8-5-9-15-26;1-23(2)35(32(40)41-21-24-11-5-3-6-12-24)20-26-16-17-27(28(19-26)31(38)39)30(37)33-18-10-9-15-29(36)34-42-22-25-13-7-4-8-14-25;;/h4-9,12-15,17-18,20,24H,10-11,16,19,21-23H2,1-3H3,(H,34,38)(H,35,37);3-8,11-14,16-17,19,23H,9-10,15,18,20-22H2,1-2H3,(H,33,37)(H,34,36)(H,38,39);;1H2/q;;+1;/p-1. The number of methoxy groups -OCH3 is 1. The van der Waals surface area contributed by atoms with Crippen molar-refractivity contribution in [2.75, 3.05) is 20.2 Å². The van der Waals surface area contributed by atoms with Crippen LogP contribution in [-0.2, 0) is 73.0 Å². The quantitative estimate of drug-likeness (QED) is 0.00990. The van der Waals surface area contributed by atoms with E-state index in [0.29, 0.717) is 43.4 Å². The predicted molar refractivity (Wildman–Crippen MR) is 319 cm³/mol. The number of benzene rings is 6. The van der Waals surface area contributed by atoms with Crippen molar-refractivity contribution < 1.29 is 91.7 Å². The maximum Gasteiger partial charge on any atom is 1.00 e. The van der Waals surface area contributed by atoms with Crippen molar-refractivity contribution >= 4 is 47.8 Å². The zero-order valence-corrected chi connectivity index (χ0v) is 50.2. The number of amides is 6. The molecule has 0 radical (unpaired) electrons. The van der Waals surface area contributed by atoms with Crippen LogP contribution in [-0.4, -0.2) is 100 Å². The van der Waals surface area contributed by atoms with E-state index < -0.39 is 35.9 Å². The third-order valence-corrected chi connectivity index (χ3v) is 12.9. The number of carbonyl (C=O) groups excluding carboxylic acids is 7. The van der Waals surface area contributed by atoms with E-state index >= 15 is 0 Å². The van der Waals surface area contributed by atoms with E-state index in [1.165, 1.54) is 24.1 Å². The first-order valence-corrected chi connectivity index (χ1v) is 28.0. The molecular weight excluding hydrogens is 1110 g/mol. The van der Waals surface area contributed by atoms with Gasteiger partial charge in [0.05, 0.1) is 42.6 Å². The molecule has 0 aliphatic rings. The summed E-state index contributed by atoms with van der Waals surface area (Å²) in [6, 6.07) is 46.5. The van der Waals surface area contributed by atoms with Gasteiger partial charge in [0.2, 0.25) is 11.8 Å². The van der Waals surface area contributed by atoms with E-state index in [-0.39, 0.29) is 129 Å². The zero-order chi connectivity index (χ0) is 61.3. The molecule has 6 aromatic carbocycles. The van der Waals surface area contributed by atoms with E-state index in [0.717, 1.165) is 22.3 Å². The first kappa shape index (κ1) is 72.4. The molecule has 0 saturated carbocycles. The molecule has 6 N–H and O–H groups in total. The minimum absolute atomic E-state index is 0. The Balaban J connectivity index is 0.000000445. The van der Waals surface area contributed by atoms with Crippen molar-refractivity contribution in [3.63, 3.8) is 0 Å². The fraction of sp³-hybridized carbons (Fsp3) is 0.323. The number of hydrogen-bond acceptors (Lipinski definition) is 14. The first-order valence-electron chi connectivity index (χ1n) is 28.0. The molecule has 0 aliphatic heterocycles. The van der Waals surface area contributed by atoms with Crippen LogP contribution in [0.3, 0.4) is 0 Å². The van der Waals surface area contributed by atoms with Gasteiger partial charge in [-0.1, -0.05) is 133 Å². The van der Waals surface area contributed by atoms with Gasteiger partial charge in [0.25, 0.3) is 11.8 Å². The number of carboxylic acid groups (broad SMARTS) is 1. The molecule has 0 heterocycles. The van der Waals surface area contributed by atoms with Gasteiger partial charge in [-0.15, -0.1) is 0 Å². The number of hydroxylamine groups is 2. The van der Waals surface area contributed by atoms with Gasteiger partial charge in [-0.2, -0.15) is 0 Å². The minimum Gasteiger partial charge on any atom is -0.870 e. The predicted octanol–water partition coefficient (Wildman–Crippen LogP) is 7.08. The molecule has 458 valence electrons. The van der Waals surface area contributed by atoms with Gasteiger partial charge >= 0.3 is 43.0 Å². The van der Waals surface area contributed by atoms with E-state index in [1.807, 2.05) is 149 Å². The van der Waals surface area contributed by atoms with Crippen LogP contribution in [0.5, 0.6) is 0 Å². The fourth-order valence-corrected chi connectivity index (χ4v) is 8.21. The van der Waals surface area contributed by atoms with Crippen molar-refractivity contribution in [3.05, 3.63) is 213 Å². The number of carboxylic acids is 1. The second kappa shape index (κ2) is 39.7. The molecule has 0 unspecified atom stereocenters. The monoisotopic (exact) mass is 1190 g/mol. The summed E-state index contributed by atoms with van der Waals surface area (Å²) in [7, 11) is 1.24. The van der Waals surface area contributed by atoms with Crippen molar-refractivity contribution in [2.45, 2.75) is 118 Å². The summed E-state index contributed by atoms with van der Waals surface area (Å²) in [5.74, 6) is -3.40. The van der Waals surface area contributed by atoms with Gasteiger partial charge in [0, 0.05) is 51.1 Å². The smallest absolute Gasteiger partial charge is 0.870 e. The number of esters is 1. The van der Waals surface area contributed by atoms with Crippen LogP contribution >= 0.6 is 0 Å². The van der Waals surface area contributed by atoms with E-state index in [1.54, 1.807) is 29.2 Å². The van der Waals surface area contributed by atoms with Crippen molar-refractivity contribution in [1.29, 1.82) is 0 Å². The second-order valence-electron chi connectivity index (χ2n) is 20.1. The Kier molecular flexibility index (Phi) is 33.1. The van der Waals surface area contributed by atoms with E-state index in [9.17, 15) is 43.5 Å². The van der Waals surface area contributed by atoms with Crippen LogP contribution in [0.15, 0.2) is 158 Å². The molecule has 22 heteroatoms. The molecule has 0 aromatic heterocycles. The number of unbranched alkanes of at least 4 members (excludes halogenated alkanes) is 2. The van der Waals surface area contributed by atoms with Gasteiger partial charge in [0.15, 0.2) is 0 Å².